The van der Waals surface area contributed by atoms with Gasteiger partial charge in [0, 0.05) is 12.6 Å². The summed E-state index contributed by atoms with van der Waals surface area (Å²) >= 11 is 6.18. The lowest BCUT2D eigenvalue weighted by Gasteiger charge is -2.05. The molecule has 2 N–H and O–H groups in total. The Morgan fingerprint density at radius 2 is 2.12 bits per heavy atom. The largest absolute Gasteiger partial charge is 0.324 e. The van der Waals surface area contributed by atoms with Crippen LogP contribution in [0.1, 0.15) is 11.4 Å². The summed E-state index contributed by atoms with van der Waals surface area (Å²) in [5.74, 6) is 1.48. The average Bonchev–Trinajstić information content (AvgIpc) is 2.60. The molecule has 0 fully saturated rings. The van der Waals surface area contributed by atoms with Crippen molar-refractivity contribution < 1.29 is 0 Å². The Morgan fingerprint density at radius 1 is 1.38 bits per heavy atom. The van der Waals surface area contributed by atoms with E-state index in [1.807, 2.05) is 36.7 Å². The van der Waals surface area contributed by atoms with E-state index in [1.54, 1.807) is 0 Å². The fourth-order valence-electron chi connectivity index (χ4n) is 1.58. The molecule has 0 amide bonds. The summed E-state index contributed by atoms with van der Waals surface area (Å²) in [6.45, 7) is 2.37. The highest BCUT2D eigenvalue weighted by Crippen LogP contribution is 2.27. The molecule has 0 aliphatic carbocycles. The van der Waals surface area contributed by atoms with E-state index in [0.717, 1.165) is 22.8 Å². The zero-order valence-electron chi connectivity index (χ0n) is 9.24. The average molecular weight is 237 g/mol. The second-order valence-corrected chi connectivity index (χ2v) is 4.09. The molecule has 2 aromatic rings. The summed E-state index contributed by atoms with van der Waals surface area (Å²) in [4.78, 5) is 0. The minimum absolute atomic E-state index is 0.368. The summed E-state index contributed by atoms with van der Waals surface area (Å²) in [5.41, 5.74) is 7.55. The summed E-state index contributed by atoms with van der Waals surface area (Å²) in [7, 11) is 1.88. The van der Waals surface area contributed by atoms with Crippen molar-refractivity contribution in [1.82, 2.24) is 14.8 Å². The Bertz CT molecular complexity index is 519. The molecule has 2 rings (SSSR count). The minimum atomic E-state index is 0.368. The summed E-state index contributed by atoms with van der Waals surface area (Å²) in [6, 6.07) is 5.85. The molecule has 0 saturated carbocycles. The maximum absolute atomic E-state index is 6.18. The Kier molecular flexibility index (Phi) is 2.94. The monoisotopic (exact) mass is 236 g/mol. The molecule has 1 aromatic carbocycles. The van der Waals surface area contributed by atoms with Gasteiger partial charge < -0.3 is 10.3 Å². The number of aryl methyl sites for hydroxylation is 1. The first-order chi connectivity index (χ1) is 7.63. The second kappa shape index (κ2) is 4.23. The highest BCUT2D eigenvalue weighted by molar-refractivity contribution is 6.33. The number of hydrogen-bond acceptors (Lipinski definition) is 3. The van der Waals surface area contributed by atoms with Crippen LogP contribution in [0.3, 0.4) is 0 Å². The van der Waals surface area contributed by atoms with Crippen LogP contribution in [-0.4, -0.2) is 14.8 Å². The first-order valence-corrected chi connectivity index (χ1v) is 5.36. The van der Waals surface area contributed by atoms with E-state index < -0.39 is 0 Å². The van der Waals surface area contributed by atoms with Gasteiger partial charge in [-0.05, 0) is 24.6 Å². The van der Waals surface area contributed by atoms with Gasteiger partial charge in [-0.25, -0.2) is 0 Å². The van der Waals surface area contributed by atoms with Gasteiger partial charge in [0.15, 0.2) is 5.82 Å². The minimum Gasteiger partial charge on any atom is -0.324 e. The smallest absolute Gasteiger partial charge is 0.165 e. The van der Waals surface area contributed by atoms with Gasteiger partial charge in [0.2, 0.25) is 0 Å². The van der Waals surface area contributed by atoms with Gasteiger partial charge in [0.25, 0.3) is 0 Å². The summed E-state index contributed by atoms with van der Waals surface area (Å²) in [6.07, 6.45) is 0. The lowest BCUT2D eigenvalue weighted by Crippen LogP contribution is -2.05. The van der Waals surface area contributed by atoms with Crippen molar-refractivity contribution in [3.05, 3.63) is 34.6 Å². The van der Waals surface area contributed by atoms with E-state index in [1.165, 1.54) is 0 Å². The molecular formula is C11H13ClN4. The maximum Gasteiger partial charge on any atom is 0.165 e. The van der Waals surface area contributed by atoms with E-state index in [9.17, 15) is 0 Å². The number of benzene rings is 1. The molecule has 0 spiro atoms. The van der Waals surface area contributed by atoms with Gasteiger partial charge in [-0.2, -0.15) is 0 Å². The number of nitrogens with zero attached hydrogens (tertiary/aromatic N) is 3. The fourth-order valence-corrected chi connectivity index (χ4v) is 1.89. The second-order valence-electron chi connectivity index (χ2n) is 3.69. The van der Waals surface area contributed by atoms with Crippen LogP contribution in [0.25, 0.3) is 11.4 Å². The van der Waals surface area contributed by atoms with Gasteiger partial charge in [0.1, 0.15) is 5.82 Å². The number of rotatable bonds is 2. The van der Waals surface area contributed by atoms with Gasteiger partial charge in [0.05, 0.1) is 11.6 Å². The molecule has 0 atom stereocenters. The standard InChI is InChI=1S/C11H13ClN4/c1-7-3-4-8(9(12)5-7)11-15-14-10(6-13)16(11)2/h3-5H,6,13H2,1-2H3. The van der Waals surface area contributed by atoms with Crippen molar-refractivity contribution in [2.24, 2.45) is 12.8 Å². The Morgan fingerprint density at radius 3 is 2.69 bits per heavy atom. The van der Waals surface area contributed by atoms with Crippen LogP contribution < -0.4 is 5.73 Å². The van der Waals surface area contributed by atoms with Crippen LogP contribution in [0.2, 0.25) is 5.02 Å². The van der Waals surface area contributed by atoms with Gasteiger partial charge in [-0.3, -0.25) is 0 Å². The molecule has 0 unspecified atom stereocenters. The zero-order valence-corrected chi connectivity index (χ0v) is 9.99. The van der Waals surface area contributed by atoms with E-state index in [0.29, 0.717) is 11.6 Å². The lowest BCUT2D eigenvalue weighted by atomic mass is 10.1. The molecular weight excluding hydrogens is 224 g/mol. The lowest BCUT2D eigenvalue weighted by molar-refractivity contribution is 0.797. The van der Waals surface area contributed by atoms with Crippen LogP contribution >= 0.6 is 11.6 Å². The quantitative estimate of drug-likeness (QED) is 0.867. The molecule has 16 heavy (non-hydrogen) atoms. The number of aromatic nitrogens is 3. The summed E-state index contributed by atoms with van der Waals surface area (Å²) in [5, 5.41) is 8.78. The first kappa shape index (κ1) is 11.1. The molecule has 0 saturated heterocycles. The predicted octanol–water partition coefficient (Wildman–Crippen LogP) is 1.90. The number of nitrogens with two attached hydrogens (primary N) is 1. The van der Waals surface area contributed by atoms with Crippen LogP contribution in [-0.2, 0) is 13.6 Å². The predicted molar refractivity (Wildman–Crippen MR) is 64.1 cm³/mol. The maximum atomic E-state index is 6.18. The van der Waals surface area contributed by atoms with E-state index >= 15 is 0 Å². The van der Waals surface area contributed by atoms with Crippen LogP contribution in [0.15, 0.2) is 18.2 Å². The van der Waals surface area contributed by atoms with Crippen molar-refractivity contribution in [3.63, 3.8) is 0 Å². The Hall–Kier alpha value is -1.39. The number of halogens is 1. The molecule has 4 nitrogen and oxygen atoms in total. The van der Waals surface area contributed by atoms with Crippen molar-refractivity contribution in [3.8, 4) is 11.4 Å². The third-order valence-corrected chi connectivity index (χ3v) is 2.83. The van der Waals surface area contributed by atoms with Crippen molar-refractivity contribution in [1.29, 1.82) is 0 Å². The Labute approximate surface area is 99.1 Å². The Balaban J connectivity index is 2.54. The van der Waals surface area contributed by atoms with Gasteiger partial charge in [-0.1, -0.05) is 17.7 Å². The topological polar surface area (TPSA) is 56.7 Å². The van der Waals surface area contributed by atoms with Gasteiger partial charge >= 0.3 is 0 Å². The molecule has 0 radical (unpaired) electrons. The van der Waals surface area contributed by atoms with Crippen molar-refractivity contribution in [2.45, 2.75) is 13.5 Å². The molecule has 0 aliphatic heterocycles. The van der Waals surface area contributed by atoms with Crippen LogP contribution in [0.4, 0.5) is 0 Å². The third-order valence-electron chi connectivity index (χ3n) is 2.51. The van der Waals surface area contributed by atoms with Crippen molar-refractivity contribution >= 4 is 11.6 Å². The molecule has 84 valence electrons. The molecule has 0 bridgehead atoms. The fraction of sp³-hybridized carbons (Fsp3) is 0.273. The molecule has 1 aromatic heterocycles. The normalized spacial score (nSPS) is 10.8. The highest BCUT2D eigenvalue weighted by atomic mass is 35.5. The van der Waals surface area contributed by atoms with E-state index in [2.05, 4.69) is 10.2 Å². The van der Waals surface area contributed by atoms with E-state index in [-0.39, 0.29) is 0 Å². The van der Waals surface area contributed by atoms with Crippen LogP contribution in [0.5, 0.6) is 0 Å². The van der Waals surface area contributed by atoms with Crippen LogP contribution in [0, 0.1) is 6.92 Å². The number of hydrogen-bond donors (Lipinski definition) is 1. The van der Waals surface area contributed by atoms with Crippen molar-refractivity contribution in [2.75, 3.05) is 0 Å². The molecule has 1 heterocycles. The molecule has 5 heteroatoms. The molecule has 0 aliphatic rings. The first-order valence-electron chi connectivity index (χ1n) is 4.98. The van der Waals surface area contributed by atoms with Gasteiger partial charge in [-0.15, -0.1) is 10.2 Å². The van der Waals surface area contributed by atoms with E-state index in [4.69, 9.17) is 17.3 Å². The zero-order chi connectivity index (χ0) is 11.7. The SMILES string of the molecule is Cc1ccc(-c2nnc(CN)n2C)c(Cl)c1. The highest BCUT2D eigenvalue weighted by Gasteiger charge is 2.12. The summed E-state index contributed by atoms with van der Waals surface area (Å²) < 4.78 is 1.86. The third kappa shape index (κ3) is 1.81.